The van der Waals surface area contributed by atoms with E-state index in [2.05, 4.69) is 0 Å². The fourth-order valence-corrected chi connectivity index (χ4v) is 3.78. The minimum atomic E-state index is -3.83. The minimum absolute atomic E-state index is 0.121. The van der Waals surface area contributed by atoms with Crippen LogP contribution in [0.1, 0.15) is 33.1 Å². The van der Waals surface area contributed by atoms with Gasteiger partial charge in [-0.15, -0.1) is 16.5 Å². The largest absolute Gasteiger partial charge is 0.237 e. The molecule has 0 N–H and O–H groups in total. The van der Waals surface area contributed by atoms with Gasteiger partial charge in [0.05, 0.1) is 6.15 Å². The van der Waals surface area contributed by atoms with Gasteiger partial charge in [-0.05, 0) is 12.8 Å². The maximum absolute atomic E-state index is 14.6. The van der Waals surface area contributed by atoms with Gasteiger partial charge in [0.15, 0.2) is 34.9 Å². The van der Waals surface area contributed by atoms with E-state index in [9.17, 15) is 43.9 Å². The molecule has 0 heterocycles. The molecule has 0 spiro atoms. The van der Waals surface area contributed by atoms with Crippen molar-refractivity contribution in [3.05, 3.63) is 69.7 Å². The van der Waals surface area contributed by atoms with E-state index < -0.39 is 75.2 Å². The van der Waals surface area contributed by atoms with Crippen LogP contribution >= 0.6 is 0 Å². The molecular weight excluding hydrogens is 441 g/mol. The van der Waals surface area contributed by atoms with E-state index in [-0.39, 0.29) is 18.4 Å². The molecule has 0 radical (unpaired) electrons. The third-order valence-electron chi connectivity index (χ3n) is 5.28. The third-order valence-corrected chi connectivity index (χ3v) is 5.28. The van der Waals surface area contributed by atoms with Crippen LogP contribution in [0.4, 0.5) is 43.9 Å². The fraction of sp³-hybridized carbons (Fsp3) is 0.300. The Kier molecular flexibility index (Phi) is 7.17. The summed E-state index contributed by atoms with van der Waals surface area (Å²) >= 11 is 0. The Hall–Kier alpha value is -2.46. The van der Waals surface area contributed by atoms with Gasteiger partial charge >= 0.3 is 0 Å². The van der Waals surface area contributed by atoms with E-state index >= 15 is 0 Å². The van der Waals surface area contributed by atoms with E-state index in [4.69, 9.17) is 0 Å². The molecule has 0 unspecified atom stereocenters. The lowest BCUT2D eigenvalue weighted by Gasteiger charge is -2.37. The van der Waals surface area contributed by atoms with Crippen LogP contribution in [0.3, 0.4) is 0 Å². The van der Waals surface area contributed by atoms with E-state index in [1.54, 1.807) is 6.92 Å². The normalized spacial score (nSPS) is 12.6. The van der Waals surface area contributed by atoms with Crippen LogP contribution in [0.15, 0.2) is 11.5 Å². The first-order chi connectivity index (χ1) is 14.3. The molecule has 0 saturated carbocycles. The first-order valence-electron chi connectivity index (χ1n) is 9.29. The van der Waals surface area contributed by atoms with Crippen LogP contribution in [-0.4, -0.2) is 6.15 Å². The van der Waals surface area contributed by atoms with Crippen molar-refractivity contribution in [2.75, 3.05) is 0 Å². The summed E-state index contributed by atoms with van der Waals surface area (Å²) in [4.78, 5) is 0. The molecule has 0 saturated heterocycles. The second-order valence-corrected chi connectivity index (χ2v) is 7.28. The molecule has 0 aromatic heterocycles. The predicted molar refractivity (Wildman–Crippen MR) is 96.6 cm³/mol. The van der Waals surface area contributed by atoms with Crippen LogP contribution in [-0.2, 0) is 0 Å². The first kappa shape index (κ1) is 24.8. The van der Waals surface area contributed by atoms with E-state index in [1.165, 1.54) is 6.92 Å². The summed E-state index contributed by atoms with van der Waals surface area (Å²) in [6.45, 7) is 3.89. The smallest absolute Gasteiger partial charge is 0.200 e. The zero-order chi connectivity index (χ0) is 23.8. The molecule has 11 heteroatoms. The Morgan fingerprint density at radius 1 is 0.581 bits per heavy atom. The number of allylic oxidation sites excluding steroid dienone is 1. The van der Waals surface area contributed by atoms with Crippen molar-refractivity contribution >= 4 is 17.1 Å². The summed E-state index contributed by atoms with van der Waals surface area (Å²) < 4.78 is 141. The van der Waals surface area contributed by atoms with Gasteiger partial charge in [-0.2, -0.15) is 6.82 Å². The molecule has 31 heavy (non-hydrogen) atoms. The second-order valence-electron chi connectivity index (χ2n) is 7.28. The number of hydrogen-bond donors (Lipinski definition) is 0. The van der Waals surface area contributed by atoms with Crippen LogP contribution in [0.2, 0.25) is 6.82 Å². The highest BCUT2D eigenvalue weighted by Gasteiger charge is 2.38. The molecule has 2 aromatic carbocycles. The first-order valence-corrected chi connectivity index (χ1v) is 9.29. The van der Waals surface area contributed by atoms with E-state index in [0.717, 1.165) is 5.98 Å². The molecule has 2 rings (SSSR count). The SMILES string of the molecule is CCC/C(=C\[B-](C)(c1c(F)c(F)c(F)c(F)c1F)c1c(F)c(F)c(F)c(F)c1F)CC. The van der Waals surface area contributed by atoms with Gasteiger partial charge in [0.25, 0.3) is 0 Å². The standard InChI is InChI=1S/C20H16BF10/c1-4-6-8(5-2)7-21(3,9-11(22)15(26)19(30)16(27)12(9)23)10-13(24)17(28)20(31)18(29)14(10)25/h7H,4-6H2,1-3H3/q-1/b8-7-. The zero-order valence-electron chi connectivity index (χ0n) is 16.6. The third kappa shape index (κ3) is 3.94. The molecule has 0 aliphatic rings. The average molecular weight is 457 g/mol. The average Bonchev–Trinajstić information content (AvgIpc) is 2.73. The second kappa shape index (κ2) is 8.96. The maximum atomic E-state index is 14.6. The molecule has 0 fully saturated rings. The number of benzene rings is 2. The number of halogens is 10. The van der Waals surface area contributed by atoms with Gasteiger partial charge < -0.3 is 0 Å². The number of hydrogen-bond acceptors (Lipinski definition) is 0. The molecule has 0 atom stereocenters. The molecule has 0 amide bonds. The molecular formula is C20H16BF10-. The predicted octanol–water partition coefficient (Wildman–Crippen LogP) is 5.95. The summed E-state index contributed by atoms with van der Waals surface area (Å²) in [5, 5.41) is 0. The van der Waals surface area contributed by atoms with Gasteiger partial charge in [-0.1, -0.05) is 20.3 Å². The Morgan fingerprint density at radius 3 is 1.13 bits per heavy atom. The molecule has 0 nitrogen and oxygen atoms in total. The van der Waals surface area contributed by atoms with E-state index in [0.29, 0.717) is 13.2 Å². The van der Waals surface area contributed by atoms with Crippen molar-refractivity contribution in [2.24, 2.45) is 0 Å². The van der Waals surface area contributed by atoms with Gasteiger partial charge in [0.1, 0.15) is 23.3 Å². The highest BCUT2D eigenvalue weighted by Crippen LogP contribution is 2.26. The van der Waals surface area contributed by atoms with Crippen LogP contribution in [0.25, 0.3) is 0 Å². The summed E-state index contributed by atoms with van der Waals surface area (Å²) in [6, 6.07) is 0. The van der Waals surface area contributed by atoms with Crippen molar-refractivity contribution in [1.82, 2.24) is 0 Å². The molecule has 2 aromatic rings. The minimum Gasteiger partial charge on any atom is -0.237 e. The lowest BCUT2D eigenvalue weighted by Crippen LogP contribution is -2.61. The topological polar surface area (TPSA) is 0 Å². The summed E-state index contributed by atoms with van der Waals surface area (Å²) in [7, 11) is 0. The summed E-state index contributed by atoms with van der Waals surface area (Å²) in [5.74, 6) is -23.6. The van der Waals surface area contributed by atoms with Crippen molar-refractivity contribution in [1.29, 1.82) is 0 Å². The van der Waals surface area contributed by atoms with Crippen molar-refractivity contribution in [3.8, 4) is 0 Å². The molecule has 0 aliphatic heterocycles. The van der Waals surface area contributed by atoms with Crippen molar-refractivity contribution in [2.45, 2.75) is 39.9 Å². The fourth-order valence-electron chi connectivity index (χ4n) is 3.78. The van der Waals surface area contributed by atoms with Crippen LogP contribution < -0.4 is 10.9 Å². The van der Waals surface area contributed by atoms with Gasteiger partial charge in [-0.3, -0.25) is 0 Å². The van der Waals surface area contributed by atoms with Crippen molar-refractivity contribution < 1.29 is 43.9 Å². The van der Waals surface area contributed by atoms with Crippen LogP contribution in [0.5, 0.6) is 0 Å². The Labute approximate surface area is 171 Å². The molecule has 170 valence electrons. The zero-order valence-corrected chi connectivity index (χ0v) is 16.6. The summed E-state index contributed by atoms with van der Waals surface area (Å²) in [5.41, 5.74) is -3.10. The monoisotopic (exact) mass is 457 g/mol. The Balaban J connectivity index is 3.15. The van der Waals surface area contributed by atoms with Gasteiger partial charge in [0.2, 0.25) is 0 Å². The Morgan fingerprint density at radius 2 is 0.871 bits per heavy atom. The number of rotatable bonds is 6. The molecule has 0 aliphatic carbocycles. The highest BCUT2D eigenvalue weighted by molar-refractivity contribution is 7.05. The van der Waals surface area contributed by atoms with Crippen molar-refractivity contribution in [3.63, 3.8) is 0 Å². The van der Waals surface area contributed by atoms with Crippen LogP contribution in [0, 0.1) is 58.2 Å². The van der Waals surface area contributed by atoms with Gasteiger partial charge in [0, 0.05) is 0 Å². The maximum Gasteiger partial charge on any atom is 0.200 e. The quantitative estimate of drug-likeness (QED) is 0.218. The Bertz CT molecular complexity index is 933. The molecule has 0 bridgehead atoms. The lowest BCUT2D eigenvalue weighted by atomic mass is 9.19. The highest BCUT2D eigenvalue weighted by atomic mass is 19.2. The lowest BCUT2D eigenvalue weighted by molar-refractivity contribution is 0.381. The summed E-state index contributed by atoms with van der Waals surface area (Å²) in [6.07, 6.45) is -3.12. The van der Waals surface area contributed by atoms with E-state index in [1.807, 2.05) is 0 Å². The van der Waals surface area contributed by atoms with Gasteiger partial charge in [-0.25, -0.2) is 49.9 Å².